The standard InChI is InChI=1S/C41H68O6/c1-4-7-10-13-16-17-18-19-20-21-22-23-24-25-26-29-31-34-40(43)46-37-38(47-41(44)35-32-28-15-12-9-6-3)36-45-39(42)33-30-27-14-11-8-5-2/h7,10,16-17,19-20,22-23,25-26,38H,4-6,8-9,11-15,18,21,24,27-37H2,1-3H3/b10-7-,17-16-,20-19-,23-22-,26-25-. The van der Waals surface area contributed by atoms with Crippen LogP contribution in [0.3, 0.4) is 0 Å². The van der Waals surface area contributed by atoms with Gasteiger partial charge in [-0.05, 0) is 57.8 Å². The Hall–Kier alpha value is -2.89. The molecule has 0 fully saturated rings. The maximum absolute atomic E-state index is 12.5. The molecule has 0 aliphatic heterocycles. The van der Waals surface area contributed by atoms with Crippen molar-refractivity contribution in [3.05, 3.63) is 60.8 Å². The van der Waals surface area contributed by atoms with E-state index >= 15 is 0 Å². The Balaban J connectivity index is 4.34. The number of ether oxygens (including phenoxy) is 3. The molecule has 0 aliphatic carbocycles. The third kappa shape index (κ3) is 34.3. The summed E-state index contributed by atoms with van der Waals surface area (Å²) in [6, 6.07) is 0. The van der Waals surface area contributed by atoms with Gasteiger partial charge in [0.1, 0.15) is 13.2 Å². The van der Waals surface area contributed by atoms with E-state index in [1.165, 1.54) is 38.5 Å². The Morgan fingerprint density at radius 2 is 0.830 bits per heavy atom. The van der Waals surface area contributed by atoms with E-state index in [2.05, 4.69) is 81.5 Å². The first kappa shape index (κ1) is 44.1. The van der Waals surface area contributed by atoms with Gasteiger partial charge < -0.3 is 14.2 Å². The molecule has 0 bridgehead atoms. The van der Waals surface area contributed by atoms with Crippen molar-refractivity contribution in [1.82, 2.24) is 0 Å². The number of esters is 3. The van der Waals surface area contributed by atoms with E-state index in [4.69, 9.17) is 14.2 Å². The molecule has 0 amide bonds. The zero-order valence-electron chi connectivity index (χ0n) is 30.3. The van der Waals surface area contributed by atoms with Crippen molar-refractivity contribution in [2.24, 2.45) is 0 Å². The fraction of sp³-hybridized carbons (Fsp3) is 0.683. The lowest BCUT2D eigenvalue weighted by Crippen LogP contribution is -2.30. The van der Waals surface area contributed by atoms with Crippen LogP contribution in [-0.2, 0) is 28.6 Å². The van der Waals surface area contributed by atoms with Crippen LogP contribution in [0.15, 0.2) is 60.8 Å². The second-order valence-electron chi connectivity index (χ2n) is 12.1. The molecule has 47 heavy (non-hydrogen) atoms. The summed E-state index contributed by atoms with van der Waals surface area (Å²) in [5, 5.41) is 0. The van der Waals surface area contributed by atoms with Crippen LogP contribution in [0, 0.1) is 0 Å². The molecule has 0 aliphatic rings. The van der Waals surface area contributed by atoms with E-state index in [-0.39, 0.29) is 37.5 Å². The largest absolute Gasteiger partial charge is 0.462 e. The zero-order valence-corrected chi connectivity index (χ0v) is 30.3. The van der Waals surface area contributed by atoms with Crippen molar-refractivity contribution < 1.29 is 28.6 Å². The Kier molecular flexibility index (Phi) is 33.7. The predicted molar refractivity (Wildman–Crippen MR) is 196 cm³/mol. The molecule has 0 heterocycles. The number of carbonyl (C=O) groups excluding carboxylic acids is 3. The third-order valence-corrected chi connectivity index (χ3v) is 7.54. The summed E-state index contributed by atoms with van der Waals surface area (Å²) in [5.74, 6) is -0.986. The molecule has 0 radical (unpaired) electrons. The van der Waals surface area contributed by atoms with Gasteiger partial charge in [-0.15, -0.1) is 0 Å². The van der Waals surface area contributed by atoms with Gasteiger partial charge in [-0.2, -0.15) is 0 Å². The van der Waals surface area contributed by atoms with E-state index in [1.807, 2.05) is 0 Å². The topological polar surface area (TPSA) is 78.9 Å². The van der Waals surface area contributed by atoms with Crippen molar-refractivity contribution in [2.75, 3.05) is 13.2 Å². The SMILES string of the molecule is CC/C=C\C/C=C\C/C=C\C/C=C\C/C=C\CCCC(=O)OCC(COC(=O)CCCCCCCC)OC(=O)CCCCCCCC. The van der Waals surface area contributed by atoms with E-state index < -0.39 is 6.10 Å². The Morgan fingerprint density at radius 3 is 1.30 bits per heavy atom. The summed E-state index contributed by atoms with van der Waals surface area (Å²) in [7, 11) is 0. The summed E-state index contributed by atoms with van der Waals surface area (Å²) >= 11 is 0. The normalized spacial score (nSPS) is 12.7. The number of hydrogen-bond acceptors (Lipinski definition) is 6. The molecule has 6 heteroatoms. The van der Waals surface area contributed by atoms with Gasteiger partial charge in [0.25, 0.3) is 0 Å². The minimum absolute atomic E-state index is 0.0930. The Bertz CT molecular complexity index is 898. The van der Waals surface area contributed by atoms with E-state index in [0.29, 0.717) is 19.3 Å². The van der Waals surface area contributed by atoms with Crippen LogP contribution < -0.4 is 0 Å². The summed E-state index contributed by atoms with van der Waals surface area (Å²) in [5.41, 5.74) is 0. The van der Waals surface area contributed by atoms with Crippen LogP contribution in [0.1, 0.15) is 162 Å². The summed E-state index contributed by atoms with van der Waals surface area (Å²) in [6.07, 6.45) is 41.1. The molecule has 0 rings (SSSR count). The average molecular weight is 657 g/mol. The first-order valence-electron chi connectivity index (χ1n) is 18.8. The minimum atomic E-state index is -0.786. The lowest BCUT2D eigenvalue weighted by Gasteiger charge is -2.18. The van der Waals surface area contributed by atoms with Gasteiger partial charge in [0.05, 0.1) is 0 Å². The Morgan fingerprint density at radius 1 is 0.447 bits per heavy atom. The molecule has 0 aromatic rings. The number of rotatable bonds is 32. The van der Waals surface area contributed by atoms with E-state index in [9.17, 15) is 14.4 Å². The molecule has 0 aromatic carbocycles. The van der Waals surface area contributed by atoms with Crippen molar-refractivity contribution in [3.8, 4) is 0 Å². The fourth-order valence-corrected chi connectivity index (χ4v) is 4.71. The highest BCUT2D eigenvalue weighted by atomic mass is 16.6. The molecular formula is C41H68O6. The molecule has 268 valence electrons. The van der Waals surface area contributed by atoms with Crippen LogP contribution in [-0.4, -0.2) is 37.2 Å². The molecule has 1 unspecified atom stereocenters. The van der Waals surface area contributed by atoms with Gasteiger partial charge in [-0.25, -0.2) is 0 Å². The first-order chi connectivity index (χ1) is 23.0. The number of unbranched alkanes of at least 4 members (excludes halogenated alkanes) is 11. The lowest BCUT2D eigenvalue weighted by molar-refractivity contribution is -0.167. The lowest BCUT2D eigenvalue weighted by atomic mass is 10.1. The quantitative estimate of drug-likeness (QED) is 0.0310. The third-order valence-electron chi connectivity index (χ3n) is 7.54. The molecule has 0 aromatic heterocycles. The van der Waals surface area contributed by atoms with Gasteiger partial charge in [0.15, 0.2) is 6.10 Å². The van der Waals surface area contributed by atoms with Crippen LogP contribution in [0.2, 0.25) is 0 Å². The van der Waals surface area contributed by atoms with Crippen LogP contribution in [0.25, 0.3) is 0 Å². The monoisotopic (exact) mass is 657 g/mol. The van der Waals surface area contributed by atoms with Crippen LogP contribution in [0.4, 0.5) is 0 Å². The minimum Gasteiger partial charge on any atom is -0.462 e. The molecule has 0 N–H and O–H groups in total. The summed E-state index contributed by atoms with van der Waals surface area (Å²) in [6.45, 7) is 6.30. The highest BCUT2D eigenvalue weighted by molar-refractivity contribution is 5.71. The van der Waals surface area contributed by atoms with Gasteiger partial charge in [-0.3, -0.25) is 14.4 Å². The highest BCUT2D eigenvalue weighted by Gasteiger charge is 2.19. The van der Waals surface area contributed by atoms with Crippen molar-refractivity contribution >= 4 is 17.9 Å². The van der Waals surface area contributed by atoms with Gasteiger partial charge in [0.2, 0.25) is 0 Å². The van der Waals surface area contributed by atoms with E-state index in [0.717, 1.165) is 77.0 Å². The predicted octanol–water partition coefficient (Wildman–Crippen LogP) is 11.4. The van der Waals surface area contributed by atoms with Gasteiger partial charge >= 0.3 is 17.9 Å². The molecule has 0 spiro atoms. The van der Waals surface area contributed by atoms with Gasteiger partial charge in [0, 0.05) is 19.3 Å². The Labute approximate surface area is 288 Å². The molecule has 1 atom stereocenters. The smallest absolute Gasteiger partial charge is 0.306 e. The average Bonchev–Trinajstić information content (AvgIpc) is 3.06. The van der Waals surface area contributed by atoms with Gasteiger partial charge in [-0.1, -0.05) is 146 Å². The zero-order chi connectivity index (χ0) is 34.5. The molecule has 6 nitrogen and oxygen atoms in total. The number of allylic oxidation sites excluding steroid dienone is 10. The van der Waals surface area contributed by atoms with Crippen LogP contribution in [0.5, 0.6) is 0 Å². The first-order valence-corrected chi connectivity index (χ1v) is 18.8. The highest BCUT2D eigenvalue weighted by Crippen LogP contribution is 2.11. The van der Waals surface area contributed by atoms with Crippen LogP contribution >= 0.6 is 0 Å². The molecule has 0 saturated carbocycles. The molecular weight excluding hydrogens is 588 g/mol. The van der Waals surface area contributed by atoms with Crippen molar-refractivity contribution in [1.29, 1.82) is 0 Å². The maximum Gasteiger partial charge on any atom is 0.306 e. The second kappa shape index (κ2) is 36.0. The maximum atomic E-state index is 12.5. The fourth-order valence-electron chi connectivity index (χ4n) is 4.71. The number of hydrogen-bond donors (Lipinski definition) is 0. The summed E-state index contributed by atoms with van der Waals surface area (Å²) in [4.78, 5) is 37.1. The molecule has 0 saturated heterocycles. The number of carbonyl (C=O) groups is 3. The van der Waals surface area contributed by atoms with Crippen molar-refractivity contribution in [2.45, 2.75) is 168 Å². The second-order valence-corrected chi connectivity index (χ2v) is 12.1. The summed E-state index contributed by atoms with van der Waals surface area (Å²) < 4.78 is 16.4. The van der Waals surface area contributed by atoms with E-state index in [1.54, 1.807) is 0 Å². The van der Waals surface area contributed by atoms with Crippen molar-refractivity contribution in [3.63, 3.8) is 0 Å².